The first kappa shape index (κ1) is 17.7. The van der Waals surface area contributed by atoms with Gasteiger partial charge in [0.25, 0.3) is 0 Å². The standard InChI is InChI=1S/C15H21FN2O4S/c1-3-4-7-23(20,21)17-9-15(19)18-10-11(2)22-14-8-12(16)5-6-13(14)18/h5-6,8,11,17H,3-4,7,9-10H2,1-2H3/t11-/m0/s1. The number of anilines is 1. The Balaban J connectivity index is 2.08. The summed E-state index contributed by atoms with van der Waals surface area (Å²) < 4.78 is 44.7. The van der Waals surface area contributed by atoms with Crippen LogP contribution >= 0.6 is 0 Å². The SMILES string of the molecule is CCCCS(=O)(=O)NCC(=O)N1C[C@H](C)Oc2cc(F)ccc21. The van der Waals surface area contributed by atoms with E-state index in [1.807, 2.05) is 6.92 Å². The number of nitrogens with zero attached hydrogens (tertiary/aromatic N) is 1. The third-order valence-electron chi connectivity index (χ3n) is 3.49. The number of amides is 1. The maximum absolute atomic E-state index is 13.3. The molecule has 0 unspecified atom stereocenters. The van der Waals surface area contributed by atoms with Gasteiger partial charge in [0.2, 0.25) is 15.9 Å². The first-order valence-corrected chi connectivity index (χ1v) is 9.21. The smallest absolute Gasteiger partial charge is 0.242 e. The van der Waals surface area contributed by atoms with Crippen LogP contribution in [0.5, 0.6) is 5.75 Å². The molecule has 1 heterocycles. The van der Waals surface area contributed by atoms with Gasteiger partial charge in [-0.15, -0.1) is 0 Å². The minimum absolute atomic E-state index is 0.00189. The highest BCUT2D eigenvalue weighted by atomic mass is 32.2. The van der Waals surface area contributed by atoms with Crippen molar-refractivity contribution in [3.05, 3.63) is 24.0 Å². The minimum Gasteiger partial charge on any atom is -0.487 e. The Morgan fingerprint density at radius 3 is 2.91 bits per heavy atom. The largest absolute Gasteiger partial charge is 0.487 e. The van der Waals surface area contributed by atoms with E-state index in [1.165, 1.54) is 23.1 Å². The van der Waals surface area contributed by atoms with E-state index in [2.05, 4.69) is 4.72 Å². The summed E-state index contributed by atoms with van der Waals surface area (Å²) in [6.45, 7) is 3.62. The molecule has 0 fully saturated rings. The van der Waals surface area contributed by atoms with Crippen LogP contribution in [0.15, 0.2) is 18.2 Å². The number of rotatable bonds is 6. The Kier molecular flexibility index (Phi) is 5.59. The molecule has 0 saturated carbocycles. The van der Waals surface area contributed by atoms with Crippen molar-refractivity contribution in [1.29, 1.82) is 0 Å². The lowest BCUT2D eigenvalue weighted by atomic mass is 10.2. The fraction of sp³-hybridized carbons (Fsp3) is 0.533. The van der Waals surface area contributed by atoms with Crippen LogP contribution in [-0.2, 0) is 14.8 Å². The van der Waals surface area contributed by atoms with Gasteiger partial charge in [-0.3, -0.25) is 4.79 Å². The first-order chi connectivity index (χ1) is 10.8. The zero-order valence-electron chi connectivity index (χ0n) is 13.2. The molecule has 1 aliphatic rings. The van der Waals surface area contributed by atoms with Gasteiger partial charge < -0.3 is 9.64 Å². The summed E-state index contributed by atoms with van der Waals surface area (Å²) in [5.41, 5.74) is 0.447. The van der Waals surface area contributed by atoms with Gasteiger partial charge in [-0.25, -0.2) is 17.5 Å². The van der Waals surface area contributed by atoms with E-state index in [0.29, 0.717) is 12.1 Å². The van der Waals surface area contributed by atoms with Crippen molar-refractivity contribution in [3.63, 3.8) is 0 Å². The molecule has 0 aromatic heterocycles. The maximum atomic E-state index is 13.3. The molecule has 6 nitrogen and oxygen atoms in total. The van der Waals surface area contributed by atoms with Crippen LogP contribution in [0.1, 0.15) is 26.7 Å². The number of ether oxygens (including phenoxy) is 1. The number of carbonyl (C=O) groups is 1. The Bertz CT molecular complexity index is 678. The molecule has 2 rings (SSSR count). The molecule has 0 aliphatic carbocycles. The van der Waals surface area contributed by atoms with Gasteiger partial charge in [0.05, 0.1) is 24.5 Å². The van der Waals surface area contributed by atoms with Gasteiger partial charge in [-0.2, -0.15) is 0 Å². The maximum Gasteiger partial charge on any atom is 0.242 e. The second-order valence-electron chi connectivity index (χ2n) is 5.54. The lowest BCUT2D eigenvalue weighted by molar-refractivity contribution is -0.118. The van der Waals surface area contributed by atoms with E-state index in [-0.39, 0.29) is 30.7 Å². The second-order valence-corrected chi connectivity index (χ2v) is 7.46. The molecule has 1 N–H and O–H groups in total. The number of sulfonamides is 1. The van der Waals surface area contributed by atoms with E-state index in [4.69, 9.17) is 4.74 Å². The molecule has 1 atom stereocenters. The molecular formula is C15H21FN2O4S. The van der Waals surface area contributed by atoms with E-state index >= 15 is 0 Å². The van der Waals surface area contributed by atoms with Gasteiger partial charge in [-0.05, 0) is 25.5 Å². The molecule has 23 heavy (non-hydrogen) atoms. The quantitative estimate of drug-likeness (QED) is 0.851. The van der Waals surface area contributed by atoms with Crippen LogP contribution in [0.3, 0.4) is 0 Å². The van der Waals surface area contributed by atoms with E-state index in [9.17, 15) is 17.6 Å². The van der Waals surface area contributed by atoms with Crippen LogP contribution in [0.4, 0.5) is 10.1 Å². The molecule has 128 valence electrons. The van der Waals surface area contributed by atoms with Crippen molar-refractivity contribution in [2.24, 2.45) is 0 Å². The number of unbranched alkanes of at least 4 members (excludes halogenated alkanes) is 1. The van der Waals surface area contributed by atoms with E-state index < -0.39 is 21.7 Å². The second kappa shape index (κ2) is 7.27. The number of nitrogens with one attached hydrogen (secondary N) is 1. The third-order valence-corrected chi connectivity index (χ3v) is 4.90. The molecule has 1 aliphatic heterocycles. The zero-order valence-corrected chi connectivity index (χ0v) is 14.0. The highest BCUT2D eigenvalue weighted by molar-refractivity contribution is 7.89. The summed E-state index contributed by atoms with van der Waals surface area (Å²) in [6, 6.07) is 3.92. The molecule has 0 spiro atoms. The van der Waals surface area contributed by atoms with Gasteiger partial charge >= 0.3 is 0 Å². The van der Waals surface area contributed by atoms with Crippen LogP contribution in [-0.4, -0.2) is 39.3 Å². The van der Waals surface area contributed by atoms with Crippen molar-refractivity contribution < 1.29 is 22.3 Å². The normalized spacial score (nSPS) is 17.5. The average molecular weight is 344 g/mol. The summed E-state index contributed by atoms with van der Waals surface area (Å²) >= 11 is 0. The van der Waals surface area contributed by atoms with Crippen LogP contribution in [0.2, 0.25) is 0 Å². The number of halogens is 1. The summed E-state index contributed by atoms with van der Waals surface area (Å²) in [5.74, 6) is -0.567. The fourth-order valence-corrected chi connectivity index (χ4v) is 3.48. The number of benzene rings is 1. The molecule has 1 aromatic carbocycles. The molecule has 0 saturated heterocycles. The summed E-state index contributed by atoms with van der Waals surface area (Å²) in [5, 5.41) is 0. The molecule has 0 radical (unpaired) electrons. The predicted octanol–water partition coefficient (Wildman–Crippen LogP) is 1.66. The Labute approximate surface area is 135 Å². The van der Waals surface area contributed by atoms with Crippen molar-refractivity contribution in [2.75, 3.05) is 23.7 Å². The van der Waals surface area contributed by atoms with Crippen molar-refractivity contribution in [2.45, 2.75) is 32.8 Å². The number of hydrogen-bond donors (Lipinski definition) is 1. The predicted molar refractivity (Wildman–Crippen MR) is 85.5 cm³/mol. The Morgan fingerprint density at radius 2 is 2.22 bits per heavy atom. The van der Waals surface area contributed by atoms with E-state index in [0.717, 1.165) is 6.42 Å². The summed E-state index contributed by atoms with van der Waals surface area (Å²) in [4.78, 5) is 13.8. The van der Waals surface area contributed by atoms with Crippen molar-refractivity contribution in [3.8, 4) is 5.75 Å². The van der Waals surface area contributed by atoms with Crippen LogP contribution in [0.25, 0.3) is 0 Å². The van der Waals surface area contributed by atoms with Crippen molar-refractivity contribution in [1.82, 2.24) is 4.72 Å². The fourth-order valence-electron chi connectivity index (χ4n) is 2.32. The lowest BCUT2D eigenvalue weighted by Gasteiger charge is -2.33. The van der Waals surface area contributed by atoms with Gasteiger partial charge in [0, 0.05) is 6.07 Å². The zero-order chi connectivity index (χ0) is 17.0. The molecule has 1 amide bonds. The molecular weight excluding hydrogens is 323 g/mol. The topological polar surface area (TPSA) is 75.7 Å². The van der Waals surface area contributed by atoms with Gasteiger partial charge in [0.1, 0.15) is 17.7 Å². The van der Waals surface area contributed by atoms with Crippen LogP contribution < -0.4 is 14.4 Å². The number of carbonyl (C=O) groups excluding carboxylic acids is 1. The summed E-state index contributed by atoms with van der Waals surface area (Å²) in [6.07, 6.45) is 1.000. The molecule has 8 heteroatoms. The third kappa shape index (κ3) is 4.65. The van der Waals surface area contributed by atoms with Crippen LogP contribution in [0, 0.1) is 5.82 Å². The average Bonchev–Trinajstić information content (AvgIpc) is 2.49. The Hall–Kier alpha value is -1.67. The highest BCUT2D eigenvalue weighted by Crippen LogP contribution is 2.33. The van der Waals surface area contributed by atoms with Crippen molar-refractivity contribution >= 4 is 21.6 Å². The highest BCUT2D eigenvalue weighted by Gasteiger charge is 2.28. The van der Waals surface area contributed by atoms with E-state index in [1.54, 1.807) is 6.92 Å². The molecule has 0 bridgehead atoms. The summed E-state index contributed by atoms with van der Waals surface area (Å²) in [7, 11) is -3.46. The monoisotopic (exact) mass is 344 g/mol. The van der Waals surface area contributed by atoms with Gasteiger partial charge in [-0.1, -0.05) is 13.3 Å². The first-order valence-electron chi connectivity index (χ1n) is 7.56. The minimum atomic E-state index is -3.46. The lowest BCUT2D eigenvalue weighted by Crippen LogP contribution is -2.47. The molecule has 1 aromatic rings. The number of hydrogen-bond acceptors (Lipinski definition) is 4. The Morgan fingerprint density at radius 1 is 1.48 bits per heavy atom. The number of fused-ring (bicyclic) bond motifs is 1. The van der Waals surface area contributed by atoms with Gasteiger partial charge in [0.15, 0.2) is 0 Å².